The van der Waals surface area contributed by atoms with Crippen LogP contribution >= 0.6 is 28.3 Å². The first kappa shape index (κ1) is 19.3. The molecule has 2 N–H and O–H groups in total. The van der Waals surface area contributed by atoms with Crippen LogP contribution in [0.2, 0.25) is 0 Å². The van der Waals surface area contributed by atoms with Crippen molar-refractivity contribution in [2.75, 3.05) is 0 Å². The number of nitrogens with two attached hydrogens (primary N) is 1. The van der Waals surface area contributed by atoms with Crippen molar-refractivity contribution in [2.24, 2.45) is 5.73 Å². The molecule has 116 valence electrons. The maximum atomic E-state index is 12.2. The largest absolute Gasteiger partial charge is 0.573 e. The minimum atomic E-state index is -4.92. The van der Waals surface area contributed by atoms with Crippen LogP contribution in [0, 0.1) is 0 Å². The van der Waals surface area contributed by atoms with Crippen molar-refractivity contribution in [3.05, 3.63) is 28.2 Å². The smallest absolute Gasteiger partial charge is 0.406 e. The predicted molar refractivity (Wildman–Crippen MR) is 65.7 cm³/mol. The summed E-state index contributed by atoms with van der Waals surface area (Å²) in [4.78, 5) is 0. The van der Waals surface area contributed by atoms with Gasteiger partial charge in [-0.3, -0.25) is 0 Å². The summed E-state index contributed by atoms with van der Waals surface area (Å²) in [6.45, 7) is 0. The Morgan fingerprint density at radius 1 is 1.10 bits per heavy atom. The lowest BCUT2D eigenvalue weighted by Gasteiger charge is -2.16. The average molecular weight is 389 g/mol. The maximum Gasteiger partial charge on any atom is 0.573 e. The molecular formula is C10H9BrClF6NO. The van der Waals surface area contributed by atoms with Gasteiger partial charge in [0.2, 0.25) is 0 Å². The predicted octanol–water partition coefficient (Wildman–Crippen LogP) is 4.72. The fourth-order valence-corrected chi connectivity index (χ4v) is 1.85. The number of alkyl halides is 6. The van der Waals surface area contributed by atoms with Crippen molar-refractivity contribution in [2.45, 2.75) is 25.0 Å². The molecule has 1 aromatic carbocycles. The van der Waals surface area contributed by atoms with Gasteiger partial charge < -0.3 is 10.5 Å². The van der Waals surface area contributed by atoms with Gasteiger partial charge in [0, 0.05) is 10.5 Å². The second kappa shape index (κ2) is 6.86. The van der Waals surface area contributed by atoms with Crippen molar-refractivity contribution in [3.8, 4) is 5.75 Å². The molecule has 0 saturated heterocycles. The molecule has 0 spiro atoms. The Kier molecular flexibility index (Phi) is 6.63. The number of benzene rings is 1. The van der Waals surface area contributed by atoms with Gasteiger partial charge in [0.1, 0.15) is 5.75 Å². The van der Waals surface area contributed by atoms with Gasteiger partial charge in [-0.1, -0.05) is 15.9 Å². The van der Waals surface area contributed by atoms with E-state index in [9.17, 15) is 26.3 Å². The Balaban J connectivity index is 0.00000361. The summed E-state index contributed by atoms with van der Waals surface area (Å²) in [5.41, 5.74) is 5.20. The second-order valence-electron chi connectivity index (χ2n) is 3.69. The molecule has 0 unspecified atom stereocenters. The first-order valence-corrected chi connectivity index (χ1v) is 5.64. The van der Waals surface area contributed by atoms with E-state index in [4.69, 9.17) is 5.73 Å². The topological polar surface area (TPSA) is 35.2 Å². The van der Waals surface area contributed by atoms with Gasteiger partial charge in [-0.15, -0.1) is 25.6 Å². The van der Waals surface area contributed by atoms with Gasteiger partial charge >= 0.3 is 12.5 Å². The van der Waals surface area contributed by atoms with E-state index in [1.54, 1.807) is 0 Å². The maximum absolute atomic E-state index is 12.2. The van der Waals surface area contributed by atoms with Crippen LogP contribution in [-0.2, 0) is 0 Å². The van der Waals surface area contributed by atoms with E-state index in [0.717, 1.165) is 12.1 Å². The van der Waals surface area contributed by atoms with Gasteiger partial charge in [0.05, 0.1) is 6.42 Å². The highest BCUT2D eigenvalue weighted by atomic mass is 79.9. The Labute approximate surface area is 124 Å². The van der Waals surface area contributed by atoms with E-state index in [1.807, 2.05) is 0 Å². The SMILES string of the molecule is Cl.N[C@H](CC(F)(F)F)c1cc(Br)cc(OC(F)(F)F)c1. The monoisotopic (exact) mass is 387 g/mol. The fourth-order valence-electron chi connectivity index (χ4n) is 1.36. The summed E-state index contributed by atoms with van der Waals surface area (Å²) >= 11 is 2.88. The first-order valence-electron chi connectivity index (χ1n) is 4.85. The Hall–Kier alpha value is -0.670. The zero-order valence-electron chi connectivity index (χ0n) is 9.56. The summed E-state index contributed by atoms with van der Waals surface area (Å²) in [5.74, 6) is -0.630. The molecule has 1 atom stereocenters. The van der Waals surface area contributed by atoms with Crippen LogP contribution in [0.5, 0.6) is 5.75 Å². The van der Waals surface area contributed by atoms with E-state index < -0.39 is 30.8 Å². The van der Waals surface area contributed by atoms with Gasteiger partial charge in [0.25, 0.3) is 0 Å². The fraction of sp³-hybridized carbons (Fsp3) is 0.400. The van der Waals surface area contributed by atoms with Crippen LogP contribution in [-0.4, -0.2) is 12.5 Å². The molecule has 0 saturated carbocycles. The lowest BCUT2D eigenvalue weighted by molar-refractivity contribution is -0.274. The molecule has 0 radical (unpaired) electrons. The zero-order chi connectivity index (χ0) is 14.8. The van der Waals surface area contributed by atoms with Crippen LogP contribution in [0.3, 0.4) is 0 Å². The quantitative estimate of drug-likeness (QED) is 0.761. The van der Waals surface area contributed by atoms with Crippen LogP contribution in [0.1, 0.15) is 18.0 Å². The summed E-state index contributed by atoms with van der Waals surface area (Å²) in [6.07, 6.45) is -10.8. The van der Waals surface area contributed by atoms with Gasteiger partial charge in [-0.25, -0.2) is 0 Å². The van der Waals surface area contributed by atoms with E-state index in [0.29, 0.717) is 0 Å². The zero-order valence-corrected chi connectivity index (χ0v) is 12.0. The van der Waals surface area contributed by atoms with E-state index in [2.05, 4.69) is 20.7 Å². The molecule has 1 aromatic rings. The van der Waals surface area contributed by atoms with Crippen molar-refractivity contribution in [1.29, 1.82) is 0 Å². The number of rotatable bonds is 3. The van der Waals surface area contributed by atoms with Crippen molar-refractivity contribution < 1.29 is 31.1 Å². The highest BCUT2D eigenvalue weighted by Gasteiger charge is 2.33. The molecule has 0 aliphatic rings. The Bertz CT molecular complexity index is 450. The van der Waals surface area contributed by atoms with Crippen LogP contribution < -0.4 is 10.5 Å². The molecule has 0 bridgehead atoms. The third-order valence-electron chi connectivity index (χ3n) is 2.01. The summed E-state index contributed by atoms with van der Waals surface area (Å²) in [5, 5.41) is 0. The minimum Gasteiger partial charge on any atom is -0.406 e. The lowest BCUT2D eigenvalue weighted by atomic mass is 10.0. The number of ether oxygens (including phenoxy) is 1. The summed E-state index contributed by atoms with van der Waals surface area (Å²) in [7, 11) is 0. The number of hydrogen-bond acceptors (Lipinski definition) is 2. The molecule has 0 aliphatic carbocycles. The number of halogens is 8. The summed E-state index contributed by atoms with van der Waals surface area (Å²) < 4.78 is 76.3. The molecule has 20 heavy (non-hydrogen) atoms. The van der Waals surface area contributed by atoms with Crippen molar-refractivity contribution in [1.82, 2.24) is 0 Å². The molecule has 0 heterocycles. The van der Waals surface area contributed by atoms with Crippen LogP contribution in [0.25, 0.3) is 0 Å². The van der Waals surface area contributed by atoms with Gasteiger partial charge in [0.15, 0.2) is 0 Å². The third kappa shape index (κ3) is 7.20. The summed E-state index contributed by atoms with van der Waals surface area (Å²) in [6, 6.07) is 1.55. The molecule has 0 aliphatic heterocycles. The molecule has 1 rings (SSSR count). The van der Waals surface area contributed by atoms with Crippen molar-refractivity contribution >= 4 is 28.3 Å². The highest BCUT2D eigenvalue weighted by Crippen LogP contribution is 2.33. The standard InChI is InChI=1S/C10H8BrF6NO.ClH/c11-6-1-5(8(18)4-9(12,13)14)2-7(3-6)19-10(15,16)17;/h1-3,8H,4,18H2;1H/t8-;/m1./s1. The van der Waals surface area contributed by atoms with Gasteiger partial charge in [-0.2, -0.15) is 13.2 Å². The molecule has 2 nitrogen and oxygen atoms in total. The van der Waals surface area contributed by atoms with Crippen molar-refractivity contribution in [3.63, 3.8) is 0 Å². The van der Waals surface area contributed by atoms with Crippen LogP contribution in [0.15, 0.2) is 22.7 Å². The molecule has 0 fully saturated rings. The molecule has 0 aromatic heterocycles. The molecular weight excluding hydrogens is 379 g/mol. The second-order valence-corrected chi connectivity index (χ2v) is 4.61. The van der Waals surface area contributed by atoms with E-state index in [-0.39, 0.29) is 22.4 Å². The Morgan fingerprint density at radius 3 is 2.10 bits per heavy atom. The Morgan fingerprint density at radius 2 is 1.65 bits per heavy atom. The lowest BCUT2D eigenvalue weighted by Crippen LogP contribution is -2.21. The minimum absolute atomic E-state index is 0. The molecule has 0 amide bonds. The number of hydrogen-bond donors (Lipinski definition) is 1. The highest BCUT2D eigenvalue weighted by molar-refractivity contribution is 9.10. The van der Waals surface area contributed by atoms with E-state index in [1.165, 1.54) is 6.07 Å². The normalized spacial score (nSPS) is 13.6. The average Bonchev–Trinajstić information content (AvgIpc) is 2.10. The van der Waals surface area contributed by atoms with E-state index >= 15 is 0 Å². The third-order valence-corrected chi connectivity index (χ3v) is 2.46. The van der Waals surface area contributed by atoms with Crippen LogP contribution in [0.4, 0.5) is 26.3 Å². The molecule has 10 heteroatoms. The van der Waals surface area contributed by atoms with Gasteiger partial charge in [-0.05, 0) is 23.8 Å². The first-order chi connectivity index (χ1) is 8.46.